The van der Waals surface area contributed by atoms with Gasteiger partial charge in [-0.05, 0) is 31.9 Å². The van der Waals surface area contributed by atoms with Crippen molar-refractivity contribution >= 4 is 16.1 Å². The fraction of sp³-hybridized carbons (Fsp3) is 0.308. The fourth-order valence-corrected chi connectivity index (χ4v) is 2.20. The van der Waals surface area contributed by atoms with Crippen molar-refractivity contribution in [1.82, 2.24) is 4.72 Å². The van der Waals surface area contributed by atoms with Crippen LogP contribution in [0.1, 0.15) is 18.4 Å². The number of allylic oxidation sites excluding steroid dienone is 1. The van der Waals surface area contributed by atoms with E-state index < -0.39 is 16.1 Å². The highest BCUT2D eigenvalue weighted by Crippen LogP contribution is 2.09. The molecule has 0 fully saturated rings. The molecule has 0 saturated carbocycles. The van der Waals surface area contributed by atoms with Gasteiger partial charge in [0.05, 0.1) is 11.5 Å². The van der Waals surface area contributed by atoms with E-state index in [2.05, 4.69) is 6.58 Å². The maximum atomic E-state index is 11.8. The average molecular weight is 283 g/mol. The second-order valence-corrected chi connectivity index (χ2v) is 5.67. The number of nitrogens with one attached hydrogen (secondary N) is 1. The van der Waals surface area contributed by atoms with Gasteiger partial charge in [0.2, 0.25) is 0 Å². The van der Waals surface area contributed by atoms with Crippen molar-refractivity contribution < 1.29 is 17.9 Å². The zero-order chi connectivity index (χ0) is 14.3. The van der Waals surface area contributed by atoms with Crippen molar-refractivity contribution in [3.8, 4) is 0 Å². The smallest absolute Gasteiger partial charge is 0.421 e. The Labute approximate surface area is 113 Å². The molecule has 0 saturated heterocycles. The van der Waals surface area contributed by atoms with E-state index in [9.17, 15) is 13.2 Å². The summed E-state index contributed by atoms with van der Waals surface area (Å²) >= 11 is 0. The Morgan fingerprint density at radius 3 is 2.58 bits per heavy atom. The van der Waals surface area contributed by atoms with Crippen molar-refractivity contribution in [2.45, 2.75) is 24.7 Å². The zero-order valence-electron chi connectivity index (χ0n) is 10.8. The number of aryl methyl sites for hydroxylation is 1. The van der Waals surface area contributed by atoms with Crippen LogP contribution in [0.25, 0.3) is 0 Å². The quantitative estimate of drug-likeness (QED) is 0.642. The first-order chi connectivity index (χ1) is 8.95. The number of carbonyl (C=O) groups is 1. The molecule has 0 unspecified atom stereocenters. The predicted molar refractivity (Wildman–Crippen MR) is 72.3 cm³/mol. The highest BCUT2D eigenvalue weighted by molar-refractivity contribution is 7.90. The van der Waals surface area contributed by atoms with Gasteiger partial charge in [0, 0.05) is 0 Å². The molecule has 1 aromatic rings. The lowest BCUT2D eigenvalue weighted by atomic mass is 10.2. The Balaban J connectivity index is 2.57. The molecule has 0 aliphatic rings. The summed E-state index contributed by atoms with van der Waals surface area (Å²) in [6.07, 6.45) is 2.05. The topological polar surface area (TPSA) is 72.5 Å². The number of unbranched alkanes of at least 4 members (excludes halogenated alkanes) is 1. The van der Waals surface area contributed by atoms with Crippen molar-refractivity contribution in [1.29, 1.82) is 0 Å². The van der Waals surface area contributed by atoms with E-state index in [1.54, 1.807) is 18.2 Å². The first kappa shape index (κ1) is 15.2. The highest BCUT2D eigenvalue weighted by Gasteiger charge is 2.17. The average Bonchev–Trinajstić information content (AvgIpc) is 2.34. The summed E-state index contributed by atoms with van der Waals surface area (Å²) in [4.78, 5) is 11.4. The number of carbonyl (C=O) groups excluding carboxylic acids is 1. The highest BCUT2D eigenvalue weighted by atomic mass is 32.2. The van der Waals surface area contributed by atoms with E-state index in [-0.39, 0.29) is 11.5 Å². The number of benzene rings is 1. The monoisotopic (exact) mass is 283 g/mol. The van der Waals surface area contributed by atoms with Crippen LogP contribution in [0.3, 0.4) is 0 Å². The lowest BCUT2D eigenvalue weighted by Gasteiger charge is -2.07. The molecule has 0 heterocycles. The van der Waals surface area contributed by atoms with Gasteiger partial charge < -0.3 is 4.74 Å². The maximum absolute atomic E-state index is 11.8. The summed E-state index contributed by atoms with van der Waals surface area (Å²) in [6, 6.07) is 6.18. The van der Waals surface area contributed by atoms with Crippen LogP contribution in [0.5, 0.6) is 0 Å². The van der Waals surface area contributed by atoms with Gasteiger partial charge in [-0.25, -0.2) is 17.9 Å². The molecule has 0 aromatic heterocycles. The molecule has 0 radical (unpaired) electrons. The third kappa shape index (κ3) is 5.13. The van der Waals surface area contributed by atoms with Crippen LogP contribution in [0.15, 0.2) is 41.8 Å². The number of rotatable bonds is 6. The molecule has 1 amide bonds. The minimum atomic E-state index is -3.86. The van der Waals surface area contributed by atoms with Gasteiger partial charge in [-0.3, -0.25) is 0 Å². The van der Waals surface area contributed by atoms with Crippen LogP contribution in [0.2, 0.25) is 0 Å². The van der Waals surface area contributed by atoms with E-state index in [1.807, 2.05) is 11.6 Å². The second-order valence-electron chi connectivity index (χ2n) is 3.99. The first-order valence-electron chi connectivity index (χ1n) is 5.83. The van der Waals surface area contributed by atoms with Crippen LogP contribution in [0.4, 0.5) is 4.79 Å². The molecule has 1 aromatic carbocycles. The van der Waals surface area contributed by atoms with Gasteiger partial charge in [0.1, 0.15) is 0 Å². The molecule has 0 aliphatic carbocycles. The summed E-state index contributed by atoms with van der Waals surface area (Å²) in [6.45, 7) is 5.53. The molecule has 19 heavy (non-hydrogen) atoms. The lowest BCUT2D eigenvalue weighted by molar-refractivity contribution is 0.151. The molecule has 0 atom stereocenters. The zero-order valence-corrected chi connectivity index (χ0v) is 11.6. The van der Waals surface area contributed by atoms with Gasteiger partial charge >= 0.3 is 6.09 Å². The van der Waals surface area contributed by atoms with Crippen molar-refractivity contribution in [2.75, 3.05) is 6.61 Å². The summed E-state index contributed by atoms with van der Waals surface area (Å²) in [5, 5.41) is 0. The van der Waals surface area contributed by atoms with Gasteiger partial charge in [0.25, 0.3) is 10.0 Å². The Kier molecular flexibility index (Phi) is 5.57. The van der Waals surface area contributed by atoms with E-state index in [0.717, 1.165) is 5.56 Å². The van der Waals surface area contributed by atoms with Crippen LogP contribution in [-0.2, 0) is 14.8 Å². The summed E-state index contributed by atoms with van der Waals surface area (Å²) in [5.74, 6) is 0. The molecular formula is C13H17NO4S. The SMILES string of the molecule is C=CCCCOC(=O)NS(=O)(=O)c1ccc(C)cc1. The molecule has 104 valence electrons. The maximum Gasteiger partial charge on any atom is 0.421 e. The summed E-state index contributed by atoms with van der Waals surface area (Å²) in [7, 11) is -3.86. The third-order valence-electron chi connectivity index (χ3n) is 2.33. The van der Waals surface area contributed by atoms with Crippen LogP contribution in [0, 0.1) is 6.92 Å². The minimum absolute atomic E-state index is 0.0288. The van der Waals surface area contributed by atoms with Gasteiger partial charge in [-0.1, -0.05) is 23.8 Å². The summed E-state index contributed by atoms with van der Waals surface area (Å²) in [5.41, 5.74) is 0.936. The van der Waals surface area contributed by atoms with E-state index in [4.69, 9.17) is 4.74 Å². The molecular weight excluding hydrogens is 266 g/mol. The van der Waals surface area contributed by atoms with Gasteiger partial charge in [-0.2, -0.15) is 0 Å². The molecule has 0 aliphatic heterocycles. The number of sulfonamides is 1. The summed E-state index contributed by atoms with van der Waals surface area (Å²) < 4.78 is 30.2. The van der Waals surface area contributed by atoms with Crippen molar-refractivity contribution in [3.05, 3.63) is 42.5 Å². The Morgan fingerprint density at radius 1 is 1.37 bits per heavy atom. The largest absolute Gasteiger partial charge is 0.449 e. The van der Waals surface area contributed by atoms with Gasteiger partial charge in [-0.15, -0.1) is 6.58 Å². The molecule has 6 heteroatoms. The standard InChI is InChI=1S/C13H17NO4S/c1-3-4-5-10-18-13(15)14-19(16,17)12-8-6-11(2)7-9-12/h3,6-9H,1,4-5,10H2,2H3,(H,14,15). The normalized spacial score (nSPS) is 10.8. The predicted octanol–water partition coefficient (Wildman–Crippen LogP) is 2.38. The molecule has 0 bridgehead atoms. The number of hydrogen-bond acceptors (Lipinski definition) is 4. The Morgan fingerprint density at radius 2 is 2.00 bits per heavy atom. The van der Waals surface area contributed by atoms with E-state index in [1.165, 1.54) is 12.1 Å². The molecule has 5 nitrogen and oxygen atoms in total. The van der Waals surface area contributed by atoms with Crippen LogP contribution in [-0.4, -0.2) is 21.1 Å². The molecule has 1 N–H and O–H groups in total. The number of hydrogen-bond donors (Lipinski definition) is 1. The Bertz CT molecular complexity index is 534. The van der Waals surface area contributed by atoms with Crippen molar-refractivity contribution in [2.24, 2.45) is 0 Å². The molecule has 0 spiro atoms. The van der Waals surface area contributed by atoms with E-state index >= 15 is 0 Å². The van der Waals surface area contributed by atoms with Crippen molar-refractivity contribution in [3.63, 3.8) is 0 Å². The van der Waals surface area contributed by atoms with Crippen LogP contribution < -0.4 is 4.72 Å². The lowest BCUT2D eigenvalue weighted by Crippen LogP contribution is -2.31. The minimum Gasteiger partial charge on any atom is -0.449 e. The number of amides is 1. The first-order valence-corrected chi connectivity index (χ1v) is 7.31. The van der Waals surface area contributed by atoms with Gasteiger partial charge in [0.15, 0.2) is 0 Å². The van der Waals surface area contributed by atoms with E-state index in [0.29, 0.717) is 12.8 Å². The Hall–Kier alpha value is -1.82. The molecule has 1 rings (SSSR count). The fourth-order valence-electron chi connectivity index (χ4n) is 1.31. The number of ether oxygens (including phenoxy) is 1. The third-order valence-corrected chi connectivity index (χ3v) is 3.66. The van der Waals surface area contributed by atoms with Crippen LogP contribution >= 0.6 is 0 Å². The second kappa shape index (κ2) is 6.94.